The predicted octanol–water partition coefficient (Wildman–Crippen LogP) is 3.87. The minimum atomic E-state index is 0.828. The second kappa shape index (κ2) is 5.77. The average molecular weight is 306 g/mol. The molecular weight excluding hydrogens is 292 g/mol. The van der Waals surface area contributed by atoms with Crippen LogP contribution in [0.3, 0.4) is 0 Å². The summed E-state index contributed by atoms with van der Waals surface area (Å²) < 4.78 is 0. The number of thioether (sulfide) groups is 1. The van der Waals surface area contributed by atoms with Gasteiger partial charge >= 0.3 is 0 Å². The molecule has 1 fully saturated rings. The molecule has 0 amide bonds. The van der Waals surface area contributed by atoms with E-state index in [1.54, 1.807) is 11.8 Å². The summed E-state index contributed by atoms with van der Waals surface area (Å²) >= 11 is 1.60. The first-order valence-corrected chi connectivity index (χ1v) is 7.99. The van der Waals surface area contributed by atoms with Gasteiger partial charge in [0.1, 0.15) is 5.04 Å². The van der Waals surface area contributed by atoms with E-state index in [0.717, 1.165) is 40.5 Å². The minimum absolute atomic E-state index is 0.828. The van der Waals surface area contributed by atoms with Gasteiger partial charge in [-0.3, -0.25) is 4.99 Å². The molecule has 5 heteroatoms. The molecule has 1 saturated heterocycles. The fourth-order valence-electron chi connectivity index (χ4n) is 2.38. The van der Waals surface area contributed by atoms with Crippen LogP contribution in [0.15, 0.2) is 75.6 Å². The molecule has 0 unspecified atom stereocenters. The van der Waals surface area contributed by atoms with E-state index in [9.17, 15) is 0 Å². The van der Waals surface area contributed by atoms with E-state index in [-0.39, 0.29) is 0 Å². The summed E-state index contributed by atoms with van der Waals surface area (Å²) in [6.07, 6.45) is 0. The molecule has 0 atom stereocenters. The highest BCUT2D eigenvalue weighted by molar-refractivity contribution is 8.29. The van der Waals surface area contributed by atoms with Gasteiger partial charge in [-0.15, -0.1) is 0 Å². The smallest absolute Gasteiger partial charge is 0.171 e. The van der Waals surface area contributed by atoms with Crippen molar-refractivity contribution in [2.24, 2.45) is 15.0 Å². The van der Waals surface area contributed by atoms with Gasteiger partial charge in [0.2, 0.25) is 0 Å². The number of rotatable bonds is 2. The van der Waals surface area contributed by atoms with E-state index in [0.29, 0.717) is 0 Å². The molecule has 2 aromatic rings. The van der Waals surface area contributed by atoms with Crippen LogP contribution in [-0.2, 0) is 0 Å². The Morgan fingerprint density at radius 1 is 0.864 bits per heavy atom. The van der Waals surface area contributed by atoms with Crippen LogP contribution in [0, 0.1) is 0 Å². The molecule has 2 aromatic carbocycles. The van der Waals surface area contributed by atoms with Crippen LogP contribution in [0.2, 0.25) is 0 Å². The summed E-state index contributed by atoms with van der Waals surface area (Å²) in [5, 5.41) is 1.91. The minimum Gasteiger partial charge on any atom is -0.301 e. The Kier molecular flexibility index (Phi) is 3.48. The van der Waals surface area contributed by atoms with Gasteiger partial charge in [0.15, 0.2) is 11.0 Å². The molecule has 2 aliphatic heterocycles. The van der Waals surface area contributed by atoms with Crippen molar-refractivity contribution in [2.45, 2.75) is 0 Å². The summed E-state index contributed by atoms with van der Waals surface area (Å²) in [5.41, 5.74) is 1.87. The molecule has 0 saturated carbocycles. The maximum absolute atomic E-state index is 4.79. The third kappa shape index (κ3) is 2.55. The summed E-state index contributed by atoms with van der Waals surface area (Å²) in [7, 11) is 0. The van der Waals surface area contributed by atoms with Gasteiger partial charge in [0.25, 0.3) is 0 Å². The fraction of sp³-hybridized carbons (Fsp3) is 0.118. The molecule has 0 aliphatic carbocycles. The number of hydrogen-bond acceptors (Lipinski definition) is 4. The summed E-state index contributed by atoms with van der Waals surface area (Å²) in [4.78, 5) is 16.2. The lowest BCUT2D eigenvalue weighted by atomic mass is 10.3. The van der Waals surface area contributed by atoms with Crippen LogP contribution in [0.4, 0.5) is 11.4 Å². The molecule has 0 bridgehead atoms. The maximum Gasteiger partial charge on any atom is 0.171 e. The van der Waals surface area contributed by atoms with Gasteiger partial charge in [-0.1, -0.05) is 36.4 Å². The highest BCUT2D eigenvalue weighted by Gasteiger charge is 2.35. The molecule has 0 radical (unpaired) electrons. The number of fused-ring (bicyclic) bond motifs is 1. The van der Waals surface area contributed by atoms with Gasteiger partial charge in [-0.2, -0.15) is 0 Å². The van der Waals surface area contributed by atoms with Crippen molar-refractivity contribution in [3.63, 3.8) is 0 Å². The van der Waals surface area contributed by atoms with Crippen molar-refractivity contribution in [3.8, 4) is 0 Å². The van der Waals surface area contributed by atoms with Crippen molar-refractivity contribution < 1.29 is 0 Å². The molecule has 2 aliphatic rings. The molecule has 22 heavy (non-hydrogen) atoms. The second-order valence-electron chi connectivity index (χ2n) is 4.94. The molecule has 4 rings (SSSR count). The Morgan fingerprint density at radius 2 is 1.50 bits per heavy atom. The Labute approximate surface area is 133 Å². The van der Waals surface area contributed by atoms with Crippen molar-refractivity contribution in [1.82, 2.24) is 4.90 Å². The molecule has 4 nitrogen and oxygen atoms in total. The second-order valence-corrected chi connectivity index (χ2v) is 5.90. The fourth-order valence-corrected chi connectivity index (χ4v) is 3.40. The zero-order chi connectivity index (χ0) is 14.8. The van der Waals surface area contributed by atoms with Crippen molar-refractivity contribution in [1.29, 1.82) is 0 Å². The number of nitrogens with zero attached hydrogens (tertiary/aromatic N) is 4. The number of benzene rings is 2. The highest BCUT2D eigenvalue weighted by atomic mass is 32.2. The standard InChI is InChI=1S/C17H14N4S/c1-3-7-13(8-4-1)19-15-16(20-14-9-5-2-6-10-14)22-17-18-11-12-21(15)17/h1-10H,11-12H2. The van der Waals surface area contributed by atoms with E-state index in [2.05, 4.69) is 9.89 Å². The number of amidine groups is 2. The maximum atomic E-state index is 4.79. The van der Waals surface area contributed by atoms with Crippen LogP contribution in [0.25, 0.3) is 0 Å². The van der Waals surface area contributed by atoms with Gasteiger partial charge in [0, 0.05) is 6.54 Å². The third-order valence-electron chi connectivity index (χ3n) is 3.41. The molecule has 0 aromatic heterocycles. The third-order valence-corrected chi connectivity index (χ3v) is 4.41. The van der Waals surface area contributed by atoms with E-state index < -0.39 is 0 Å². The van der Waals surface area contributed by atoms with E-state index in [4.69, 9.17) is 9.98 Å². The average Bonchev–Trinajstić information content (AvgIpc) is 3.13. The van der Waals surface area contributed by atoms with Crippen LogP contribution in [0.1, 0.15) is 0 Å². The predicted molar refractivity (Wildman–Crippen MR) is 93.7 cm³/mol. The number of hydrogen-bond donors (Lipinski definition) is 0. The quantitative estimate of drug-likeness (QED) is 0.845. The lowest BCUT2D eigenvalue weighted by Gasteiger charge is -2.11. The monoisotopic (exact) mass is 306 g/mol. The Bertz CT molecular complexity index is 766. The molecule has 108 valence electrons. The highest BCUT2D eigenvalue weighted by Crippen LogP contribution is 2.30. The molecule has 0 spiro atoms. The summed E-state index contributed by atoms with van der Waals surface area (Å²) in [6.45, 7) is 1.70. The van der Waals surface area contributed by atoms with Crippen LogP contribution < -0.4 is 0 Å². The number of para-hydroxylation sites is 2. The van der Waals surface area contributed by atoms with Crippen LogP contribution in [-0.4, -0.2) is 34.0 Å². The summed E-state index contributed by atoms with van der Waals surface area (Å²) in [6, 6.07) is 20.0. The lowest BCUT2D eigenvalue weighted by Crippen LogP contribution is -2.28. The van der Waals surface area contributed by atoms with Crippen molar-refractivity contribution >= 4 is 39.2 Å². The Balaban J connectivity index is 1.76. The van der Waals surface area contributed by atoms with Crippen LogP contribution in [0.5, 0.6) is 0 Å². The van der Waals surface area contributed by atoms with Gasteiger partial charge in [-0.25, -0.2) is 9.98 Å². The Hall–Kier alpha value is -2.40. The zero-order valence-electron chi connectivity index (χ0n) is 11.9. The molecular formula is C17H14N4S. The first-order valence-electron chi connectivity index (χ1n) is 7.18. The van der Waals surface area contributed by atoms with E-state index in [1.165, 1.54) is 0 Å². The lowest BCUT2D eigenvalue weighted by molar-refractivity contribution is 0.685. The first kappa shape index (κ1) is 13.3. The molecule has 2 heterocycles. The zero-order valence-corrected chi connectivity index (χ0v) is 12.7. The van der Waals surface area contributed by atoms with Crippen molar-refractivity contribution in [3.05, 3.63) is 60.7 Å². The molecule has 0 N–H and O–H groups in total. The first-order chi connectivity index (χ1) is 10.9. The van der Waals surface area contributed by atoms with E-state index >= 15 is 0 Å². The van der Waals surface area contributed by atoms with Crippen molar-refractivity contribution in [2.75, 3.05) is 13.1 Å². The normalized spacial score (nSPS) is 20.5. The van der Waals surface area contributed by atoms with Gasteiger partial charge < -0.3 is 4.90 Å². The largest absolute Gasteiger partial charge is 0.301 e. The van der Waals surface area contributed by atoms with E-state index in [1.807, 2.05) is 60.7 Å². The Morgan fingerprint density at radius 3 is 2.18 bits per heavy atom. The summed E-state index contributed by atoms with van der Waals surface area (Å²) in [5.74, 6) is 0.899. The van der Waals surface area contributed by atoms with Gasteiger partial charge in [0.05, 0.1) is 17.9 Å². The van der Waals surface area contributed by atoms with Crippen LogP contribution >= 0.6 is 11.8 Å². The SMILES string of the molecule is c1ccc(N=C2SC3=NCCN3C2=Nc2ccccc2)cc1. The van der Waals surface area contributed by atoms with Gasteiger partial charge in [-0.05, 0) is 36.0 Å². The number of aliphatic imine (C=N–C) groups is 3. The topological polar surface area (TPSA) is 40.3 Å².